The van der Waals surface area contributed by atoms with Gasteiger partial charge in [0.25, 0.3) is 0 Å². The van der Waals surface area contributed by atoms with Crippen LogP contribution in [0.15, 0.2) is 79.5 Å². The summed E-state index contributed by atoms with van der Waals surface area (Å²) in [7, 11) is 0. The van der Waals surface area contributed by atoms with E-state index in [1.54, 1.807) is 6.08 Å². The highest BCUT2D eigenvalue weighted by molar-refractivity contribution is 5.77. The van der Waals surface area contributed by atoms with Crippen LogP contribution in [0, 0.1) is 0 Å². The molecule has 0 spiro atoms. The van der Waals surface area contributed by atoms with E-state index in [1.165, 1.54) is 11.1 Å². The number of allylic oxidation sites excluding steroid dienone is 7. The molecule has 0 atom stereocenters. The largest absolute Gasteiger partial charge is 0.0991 e. The van der Waals surface area contributed by atoms with Crippen LogP contribution in [-0.2, 0) is 0 Å². The molecule has 0 aromatic heterocycles. The Morgan fingerprint density at radius 2 is 1.62 bits per heavy atom. The quantitative estimate of drug-likeness (QED) is 0.463. The molecule has 0 unspecified atom stereocenters. The first-order valence-electron chi connectivity index (χ1n) is 8.92. The lowest BCUT2D eigenvalue weighted by atomic mass is 9.95. The maximum atomic E-state index is 4.10. The second kappa shape index (κ2) is 14.5. The molecule has 0 radical (unpaired) electrons. The van der Waals surface area contributed by atoms with Crippen LogP contribution in [0.1, 0.15) is 65.5 Å². The van der Waals surface area contributed by atoms with Crippen LogP contribution in [-0.4, -0.2) is 0 Å². The molecule has 0 heterocycles. The van der Waals surface area contributed by atoms with Gasteiger partial charge < -0.3 is 0 Å². The molecule has 0 N–H and O–H groups in total. The van der Waals surface area contributed by atoms with E-state index >= 15 is 0 Å². The summed E-state index contributed by atoms with van der Waals surface area (Å²) in [6, 6.07) is 8.58. The fourth-order valence-electron chi connectivity index (χ4n) is 1.92. The molecule has 0 amide bonds. The van der Waals surface area contributed by atoms with E-state index in [2.05, 4.69) is 63.9 Å². The Hall–Kier alpha value is -2.08. The van der Waals surface area contributed by atoms with Crippen LogP contribution in [0.4, 0.5) is 0 Å². The molecule has 0 nitrogen and oxygen atoms in total. The average Bonchev–Trinajstić information content (AvgIpc) is 2.63. The van der Waals surface area contributed by atoms with Crippen LogP contribution in [0.5, 0.6) is 0 Å². The van der Waals surface area contributed by atoms with Gasteiger partial charge in [0.15, 0.2) is 0 Å². The maximum absolute atomic E-state index is 4.10. The molecule has 0 fully saturated rings. The Morgan fingerprint density at radius 3 is 2.08 bits per heavy atom. The van der Waals surface area contributed by atoms with Crippen LogP contribution < -0.4 is 0 Å². The Balaban J connectivity index is 0. The third-order valence-corrected chi connectivity index (χ3v) is 3.31. The predicted molar refractivity (Wildman–Crippen MR) is 114 cm³/mol. The molecule has 24 heavy (non-hydrogen) atoms. The van der Waals surface area contributed by atoms with Crippen molar-refractivity contribution >= 4 is 5.57 Å². The lowest BCUT2D eigenvalue weighted by Crippen LogP contribution is -1.90. The van der Waals surface area contributed by atoms with E-state index in [9.17, 15) is 0 Å². The van der Waals surface area contributed by atoms with Crippen molar-refractivity contribution in [2.45, 2.75) is 54.4 Å². The summed E-state index contributed by atoms with van der Waals surface area (Å²) < 4.78 is 0. The average molecular weight is 325 g/mol. The molecule has 1 rings (SSSR count). The molecular weight excluding hydrogens is 288 g/mol. The zero-order chi connectivity index (χ0) is 19.1. The first-order chi connectivity index (χ1) is 11.5. The minimum absolute atomic E-state index is 0.520. The molecule has 132 valence electrons. The standard InChI is InChI=1S/C20H24.2C2H6/c1-7-10-16(5)17(6)13-18(8-2)20-12-9-11-19(14-20)15(3)4;2*1-2/h7-15H,1-2,6H2,3-5H3;2*1-2H3/b16-10+,18-13+;;. The van der Waals surface area contributed by atoms with E-state index in [4.69, 9.17) is 0 Å². The summed E-state index contributed by atoms with van der Waals surface area (Å²) in [4.78, 5) is 0. The van der Waals surface area contributed by atoms with Gasteiger partial charge in [-0.05, 0) is 46.8 Å². The minimum atomic E-state index is 0.520. The van der Waals surface area contributed by atoms with Crippen molar-refractivity contribution in [2.75, 3.05) is 0 Å². The SMILES string of the molecule is C=C/C=C(\C)C(=C)/C=C(\C=C)c1cccc(C(C)C)c1.CC.CC. The van der Waals surface area contributed by atoms with E-state index in [0.717, 1.165) is 16.7 Å². The van der Waals surface area contributed by atoms with E-state index < -0.39 is 0 Å². The summed E-state index contributed by atoms with van der Waals surface area (Å²) in [5.74, 6) is 0.520. The third-order valence-electron chi connectivity index (χ3n) is 3.31. The van der Waals surface area contributed by atoms with Crippen LogP contribution in [0.2, 0.25) is 0 Å². The van der Waals surface area contributed by atoms with Crippen molar-refractivity contribution in [3.8, 4) is 0 Å². The highest BCUT2D eigenvalue weighted by Crippen LogP contribution is 2.23. The second-order valence-corrected chi connectivity index (χ2v) is 5.19. The van der Waals surface area contributed by atoms with Crippen LogP contribution in [0.25, 0.3) is 5.57 Å². The third kappa shape index (κ3) is 8.53. The molecule has 0 heteroatoms. The Labute approximate surface area is 151 Å². The number of hydrogen-bond donors (Lipinski definition) is 0. The normalized spacial score (nSPS) is 10.8. The summed E-state index contributed by atoms with van der Waals surface area (Å²) in [6.45, 7) is 26.2. The highest BCUT2D eigenvalue weighted by atomic mass is 14.1. The molecule has 0 bridgehead atoms. The number of rotatable bonds is 6. The van der Waals surface area contributed by atoms with Crippen LogP contribution in [0.3, 0.4) is 0 Å². The number of hydrogen-bond acceptors (Lipinski definition) is 0. The summed E-state index contributed by atoms with van der Waals surface area (Å²) in [6.07, 6.45) is 7.69. The number of benzene rings is 1. The highest BCUT2D eigenvalue weighted by Gasteiger charge is 2.03. The fraction of sp³-hybridized carbons (Fsp3) is 0.333. The minimum Gasteiger partial charge on any atom is -0.0991 e. The Bertz CT molecular complexity index is 565. The van der Waals surface area contributed by atoms with Gasteiger partial charge in [-0.25, -0.2) is 0 Å². The summed E-state index contributed by atoms with van der Waals surface area (Å²) >= 11 is 0. The fourth-order valence-corrected chi connectivity index (χ4v) is 1.92. The molecular formula is C24H36. The van der Waals surface area contributed by atoms with Gasteiger partial charge >= 0.3 is 0 Å². The molecule has 1 aromatic carbocycles. The van der Waals surface area contributed by atoms with E-state index in [1.807, 2.05) is 46.8 Å². The van der Waals surface area contributed by atoms with Crippen molar-refractivity contribution in [1.29, 1.82) is 0 Å². The van der Waals surface area contributed by atoms with E-state index in [0.29, 0.717) is 5.92 Å². The van der Waals surface area contributed by atoms with Gasteiger partial charge in [0.05, 0.1) is 0 Å². The van der Waals surface area contributed by atoms with Crippen molar-refractivity contribution < 1.29 is 0 Å². The van der Waals surface area contributed by atoms with Crippen molar-refractivity contribution in [3.05, 3.63) is 90.6 Å². The molecule has 0 saturated heterocycles. The van der Waals surface area contributed by atoms with Gasteiger partial charge in [0, 0.05) is 0 Å². The summed E-state index contributed by atoms with van der Waals surface area (Å²) in [5, 5.41) is 0. The van der Waals surface area contributed by atoms with E-state index in [-0.39, 0.29) is 0 Å². The first-order valence-corrected chi connectivity index (χ1v) is 8.92. The first kappa shape index (κ1) is 24.2. The zero-order valence-corrected chi connectivity index (χ0v) is 16.8. The smallest absolute Gasteiger partial charge is 0.0181 e. The predicted octanol–water partition coefficient (Wildman–Crippen LogP) is 8.12. The van der Waals surface area contributed by atoms with Gasteiger partial charge in [-0.15, -0.1) is 0 Å². The molecule has 1 aromatic rings. The molecule has 0 aliphatic rings. The van der Waals surface area contributed by atoms with Gasteiger partial charge in [0.1, 0.15) is 0 Å². The monoisotopic (exact) mass is 324 g/mol. The van der Waals surface area contributed by atoms with Gasteiger partial charge in [-0.3, -0.25) is 0 Å². The topological polar surface area (TPSA) is 0 Å². The lowest BCUT2D eigenvalue weighted by Gasteiger charge is -2.10. The Morgan fingerprint density at radius 1 is 1.04 bits per heavy atom. The lowest BCUT2D eigenvalue weighted by molar-refractivity contribution is 0.866. The van der Waals surface area contributed by atoms with Crippen LogP contribution >= 0.6 is 0 Å². The maximum Gasteiger partial charge on any atom is -0.0181 e. The molecule has 0 aliphatic heterocycles. The Kier molecular flexibility index (Phi) is 14.6. The molecule has 0 saturated carbocycles. The van der Waals surface area contributed by atoms with Crippen molar-refractivity contribution in [2.24, 2.45) is 0 Å². The second-order valence-electron chi connectivity index (χ2n) is 5.19. The van der Waals surface area contributed by atoms with Crippen molar-refractivity contribution in [3.63, 3.8) is 0 Å². The molecule has 0 aliphatic carbocycles. The van der Waals surface area contributed by atoms with Gasteiger partial charge in [-0.2, -0.15) is 0 Å². The van der Waals surface area contributed by atoms with Crippen molar-refractivity contribution in [1.82, 2.24) is 0 Å². The van der Waals surface area contributed by atoms with Gasteiger partial charge in [0.2, 0.25) is 0 Å². The van der Waals surface area contributed by atoms with Gasteiger partial charge in [-0.1, -0.05) is 104 Å². The zero-order valence-electron chi connectivity index (χ0n) is 16.8. The summed E-state index contributed by atoms with van der Waals surface area (Å²) in [5.41, 5.74) is 5.70.